The Morgan fingerprint density at radius 2 is 2.10 bits per heavy atom. The smallest absolute Gasteiger partial charge is 0.339 e. The number of aryl methyl sites for hydroxylation is 2. The molecule has 0 atom stereocenters. The van der Waals surface area contributed by atoms with Gasteiger partial charge in [-0.25, -0.2) is 14.5 Å². The fraction of sp³-hybridized carbons (Fsp3) is 0.381. The van der Waals surface area contributed by atoms with Crippen LogP contribution in [0.2, 0.25) is 0 Å². The number of fused-ring (bicyclic) bond motifs is 1. The monoisotopic (exact) mass is 409 g/mol. The number of hydrogen-bond donors (Lipinski definition) is 1. The van der Waals surface area contributed by atoms with Crippen LogP contribution in [0.5, 0.6) is 0 Å². The molecule has 0 saturated carbocycles. The predicted octanol–water partition coefficient (Wildman–Crippen LogP) is 3.08. The molecular formula is C21H23N5O4. The molecule has 30 heavy (non-hydrogen) atoms. The Balaban J connectivity index is 1.96. The summed E-state index contributed by atoms with van der Waals surface area (Å²) in [4.78, 5) is 29.3. The lowest BCUT2D eigenvalue weighted by Crippen LogP contribution is -2.29. The Morgan fingerprint density at radius 1 is 1.33 bits per heavy atom. The van der Waals surface area contributed by atoms with Gasteiger partial charge in [0.05, 0.1) is 35.3 Å². The fourth-order valence-electron chi connectivity index (χ4n) is 3.11. The Morgan fingerprint density at radius 3 is 2.73 bits per heavy atom. The zero-order valence-electron chi connectivity index (χ0n) is 17.4. The molecule has 0 bridgehead atoms. The molecular weight excluding hydrogens is 386 g/mol. The number of amides is 1. The number of hydrogen-bond acceptors (Lipinski definition) is 7. The van der Waals surface area contributed by atoms with E-state index in [1.807, 2.05) is 39.8 Å². The molecule has 1 amide bonds. The summed E-state index contributed by atoms with van der Waals surface area (Å²) in [6.07, 6.45) is 1.76. The molecule has 0 aliphatic carbocycles. The van der Waals surface area contributed by atoms with Crippen molar-refractivity contribution in [2.75, 3.05) is 13.2 Å². The van der Waals surface area contributed by atoms with Gasteiger partial charge in [0.15, 0.2) is 12.3 Å². The van der Waals surface area contributed by atoms with Crippen molar-refractivity contribution in [2.24, 2.45) is 0 Å². The molecule has 1 N–H and O–H groups in total. The predicted molar refractivity (Wildman–Crippen MR) is 109 cm³/mol. The molecule has 0 aliphatic rings. The molecule has 9 heteroatoms. The van der Waals surface area contributed by atoms with Crippen LogP contribution in [-0.2, 0) is 9.53 Å². The number of rotatable bonds is 7. The largest absolute Gasteiger partial charge is 0.466 e. The zero-order valence-corrected chi connectivity index (χ0v) is 17.4. The summed E-state index contributed by atoms with van der Waals surface area (Å²) in [5.41, 5.74) is 2.15. The summed E-state index contributed by atoms with van der Waals surface area (Å²) in [7, 11) is 0. The van der Waals surface area contributed by atoms with Crippen LogP contribution in [0.15, 0.2) is 22.7 Å². The highest BCUT2D eigenvalue weighted by Crippen LogP contribution is 2.30. The van der Waals surface area contributed by atoms with Gasteiger partial charge >= 0.3 is 5.97 Å². The summed E-state index contributed by atoms with van der Waals surface area (Å²) in [5.74, 6) is 0.301. The number of esters is 1. The summed E-state index contributed by atoms with van der Waals surface area (Å²) < 4.78 is 12.5. The summed E-state index contributed by atoms with van der Waals surface area (Å²) >= 11 is 0. The SMILES string of the molecule is Cc1cc(-c2cc(C(=O)OCC(=O)NCCC#N)c3cnn(C(C)C)c3n2)c(C)o1. The van der Waals surface area contributed by atoms with Crippen molar-refractivity contribution in [3.63, 3.8) is 0 Å². The molecule has 0 aliphatic heterocycles. The van der Waals surface area contributed by atoms with Crippen LogP contribution in [0.25, 0.3) is 22.3 Å². The standard InChI is InChI=1S/C21H23N5O4/c1-12(2)26-20-17(10-24-26)16(21(28)29-11-19(27)23-7-5-6-22)9-18(25-20)15-8-13(3)30-14(15)4/h8-10,12H,5,7,11H2,1-4H3,(H,23,27). The van der Waals surface area contributed by atoms with E-state index in [1.165, 1.54) is 0 Å². The Labute approximate surface area is 173 Å². The van der Waals surface area contributed by atoms with Gasteiger partial charge in [-0.2, -0.15) is 10.4 Å². The van der Waals surface area contributed by atoms with Crippen LogP contribution in [0, 0.1) is 25.2 Å². The van der Waals surface area contributed by atoms with E-state index in [9.17, 15) is 9.59 Å². The van der Waals surface area contributed by atoms with Crippen LogP contribution >= 0.6 is 0 Å². The van der Waals surface area contributed by atoms with Crippen molar-refractivity contribution in [1.29, 1.82) is 5.26 Å². The molecule has 3 aromatic heterocycles. The van der Waals surface area contributed by atoms with Crippen molar-refractivity contribution in [3.8, 4) is 17.3 Å². The average Bonchev–Trinajstić information content (AvgIpc) is 3.28. The minimum absolute atomic E-state index is 0.0345. The van der Waals surface area contributed by atoms with E-state index >= 15 is 0 Å². The Bertz CT molecular complexity index is 1140. The first-order valence-corrected chi connectivity index (χ1v) is 9.58. The van der Waals surface area contributed by atoms with E-state index in [1.54, 1.807) is 16.9 Å². The van der Waals surface area contributed by atoms with Gasteiger partial charge in [0.2, 0.25) is 0 Å². The third-order valence-corrected chi connectivity index (χ3v) is 4.49. The maximum absolute atomic E-state index is 12.8. The van der Waals surface area contributed by atoms with Crippen molar-refractivity contribution in [1.82, 2.24) is 20.1 Å². The van der Waals surface area contributed by atoms with E-state index in [0.29, 0.717) is 22.5 Å². The van der Waals surface area contributed by atoms with Crippen LogP contribution < -0.4 is 5.32 Å². The fourth-order valence-corrected chi connectivity index (χ4v) is 3.11. The molecule has 3 rings (SSSR count). The van der Waals surface area contributed by atoms with Gasteiger partial charge in [0, 0.05) is 18.2 Å². The lowest BCUT2D eigenvalue weighted by Gasteiger charge is -2.10. The van der Waals surface area contributed by atoms with Gasteiger partial charge in [0.25, 0.3) is 5.91 Å². The highest BCUT2D eigenvalue weighted by molar-refractivity contribution is 6.04. The van der Waals surface area contributed by atoms with Crippen molar-refractivity contribution in [3.05, 3.63) is 35.4 Å². The first-order chi connectivity index (χ1) is 14.3. The lowest BCUT2D eigenvalue weighted by atomic mass is 10.1. The van der Waals surface area contributed by atoms with Gasteiger partial charge in [-0.1, -0.05) is 0 Å². The maximum Gasteiger partial charge on any atom is 0.339 e. The van der Waals surface area contributed by atoms with Gasteiger partial charge < -0.3 is 14.5 Å². The van der Waals surface area contributed by atoms with Gasteiger partial charge in [-0.3, -0.25) is 4.79 Å². The van der Waals surface area contributed by atoms with E-state index in [4.69, 9.17) is 19.4 Å². The number of aromatic nitrogens is 3. The minimum Gasteiger partial charge on any atom is -0.466 e. The summed E-state index contributed by atoms with van der Waals surface area (Å²) in [5, 5.41) is 15.9. The van der Waals surface area contributed by atoms with E-state index in [0.717, 1.165) is 11.3 Å². The number of furan rings is 1. The van der Waals surface area contributed by atoms with Gasteiger partial charge in [-0.15, -0.1) is 0 Å². The van der Waals surface area contributed by atoms with Crippen LogP contribution in [0.1, 0.15) is 48.2 Å². The van der Waals surface area contributed by atoms with Crippen molar-refractivity contribution < 1.29 is 18.7 Å². The second-order valence-corrected chi connectivity index (χ2v) is 7.14. The number of ether oxygens (including phenoxy) is 1. The third kappa shape index (κ3) is 4.33. The number of nitrogens with zero attached hydrogens (tertiary/aromatic N) is 4. The first-order valence-electron chi connectivity index (χ1n) is 9.58. The van der Waals surface area contributed by atoms with Crippen LogP contribution in [-0.4, -0.2) is 39.8 Å². The Kier molecular flexibility index (Phi) is 6.16. The average molecular weight is 409 g/mol. The lowest BCUT2D eigenvalue weighted by molar-refractivity contribution is -0.124. The number of nitrogens with one attached hydrogen (secondary N) is 1. The first kappa shape index (κ1) is 21.0. The summed E-state index contributed by atoms with van der Waals surface area (Å²) in [6.45, 7) is 7.38. The molecule has 0 spiro atoms. The van der Waals surface area contributed by atoms with Crippen LogP contribution in [0.3, 0.4) is 0 Å². The second-order valence-electron chi connectivity index (χ2n) is 7.14. The molecule has 9 nitrogen and oxygen atoms in total. The number of carbonyl (C=O) groups excluding carboxylic acids is 2. The van der Waals surface area contributed by atoms with E-state index in [2.05, 4.69) is 10.4 Å². The van der Waals surface area contributed by atoms with E-state index < -0.39 is 18.5 Å². The molecule has 156 valence electrons. The van der Waals surface area contributed by atoms with Crippen molar-refractivity contribution in [2.45, 2.75) is 40.2 Å². The normalized spacial score (nSPS) is 10.9. The number of pyridine rings is 1. The quantitative estimate of drug-likeness (QED) is 0.470. The van der Waals surface area contributed by atoms with Gasteiger partial charge in [0.1, 0.15) is 11.5 Å². The molecule has 3 heterocycles. The Hall–Kier alpha value is -3.67. The second kappa shape index (κ2) is 8.78. The highest BCUT2D eigenvalue weighted by atomic mass is 16.5. The highest BCUT2D eigenvalue weighted by Gasteiger charge is 2.21. The molecule has 0 radical (unpaired) electrons. The molecule has 0 unspecified atom stereocenters. The topological polar surface area (TPSA) is 123 Å². The van der Waals surface area contributed by atoms with Crippen LogP contribution in [0.4, 0.5) is 0 Å². The minimum atomic E-state index is -0.653. The molecule has 0 saturated heterocycles. The zero-order chi connectivity index (χ0) is 21.8. The molecule has 0 fully saturated rings. The van der Waals surface area contributed by atoms with Crippen molar-refractivity contribution >= 4 is 22.9 Å². The third-order valence-electron chi connectivity index (χ3n) is 4.49. The molecule has 3 aromatic rings. The van der Waals surface area contributed by atoms with Gasteiger partial charge in [-0.05, 0) is 39.8 Å². The molecule has 0 aromatic carbocycles. The number of carbonyl (C=O) groups is 2. The van der Waals surface area contributed by atoms with E-state index in [-0.39, 0.29) is 24.6 Å². The number of nitriles is 1. The summed E-state index contributed by atoms with van der Waals surface area (Å²) in [6, 6.07) is 5.45. The maximum atomic E-state index is 12.8.